The van der Waals surface area contributed by atoms with Gasteiger partial charge in [-0.3, -0.25) is 5.10 Å². The maximum Gasteiger partial charge on any atom is 0.335 e. The lowest BCUT2D eigenvalue weighted by molar-refractivity contribution is 0.0697. The molecule has 7 heteroatoms. The molecule has 0 unspecified atom stereocenters. The molecule has 0 bridgehead atoms. The van der Waals surface area contributed by atoms with Gasteiger partial charge in [0, 0.05) is 17.7 Å². The number of benzene rings is 2. The maximum absolute atomic E-state index is 14.0. The van der Waals surface area contributed by atoms with Crippen molar-refractivity contribution in [3.63, 3.8) is 0 Å². The molecule has 3 aromatic rings. The van der Waals surface area contributed by atoms with Crippen molar-refractivity contribution in [3.05, 3.63) is 65.6 Å². The molecule has 3 N–H and O–H groups in total. The van der Waals surface area contributed by atoms with Gasteiger partial charge in [0.25, 0.3) is 0 Å². The minimum Gasteiger partial charge on any atom is -0.495 e. The van der Waals surface area contributed by atoms with Gasteiger partial charge in [0.15, 0.2) is 0 Å². The molecule has 0 aliphatic heterocycles. The molecule has 0 amide bonds. The molecule has 0 atom stereocenters. The van der Waals surface area contributed by atoms with Gasteiger partial charge in [0.2, 0.25) is 0 Å². The number of carboxylic acids is 1. The molecule has 3 rings (SSSR count). The summed E-state index contributed by atoms with van der Waals surface area (Å²) in [6.07, 6.45) is 1.60. The molecular formula is C18H16FN3O3. The van der Waals surface area contributed by atoms with Crippen molar-refractivity contribution in [3.8, 4) is 17.0 Å². The fourth-order valence-corrected chi connectivity index (χ4v) is 2.51. The van der Waals surface area contributed by atoms with Crippen LogP contribution < -0.4 is 10.1 Å². The number of anilines is 1. The van der Waals surface area contributed by atoms with E-state index in [1.807, 2.05) is 0 Å². The zero-order valence-corrected chi connectivity index (χ0v) is 13.4. The first kappa shape index (κ1) is 16.5. The molecule has 0 saturated heterocycles. The van der Waals surface area contributed by atoms with Gasteiger partial charge in [-0.05, 0) is 30.3 Å². The average Bonchev–Trinajstić information content (AvgIpc) is 3.08. The predicted molar refractivity (Wildman–Crippen MR) is 91.3 cm³/mol. The summed E-state index contributed by atoms with van der Waals surface area (Å²) < 4.78 is 19.2. The SMILES string of the molecule is COc1ccc(C(=O)O)cc1NCc1cn[nH]c1-c1ccccc1F. The van der Waals surface area contributed by atoms with Gasteiger partial charge in [-0.25, -0.2) is 9.18 Å². The number of aromatic amines is 1. The molecule has 0 fully saturated rings. The van der Waals surface area contributed by atoms with E-state index < -0.39 is 5.97 Å². The number of carbonyl (C=O) groups is 1. The molecule has 2 aromatic carbocycles. The quantitative estimate of drug-likeness (QED) is 0.638. The van der Waals surface area contributed by atoms with E-state index in [1.165, 1.54) is 25.3 Å². The Morgan fingerprint density at radius 3 is 2.84 bits per heavy atom. The second-order valence-corrected chi connectivity index (χ2v) is 5.32. The molecule has 1 aromatic heterocycles. The van der Waals surface area contributed by atoms with E-state index in [0.29, 0.717) is 29.2 Å². The topological polar surface area (TPSA) is 87.2 Å². The Morgan fingerprint density at radius 2 is 2.12 bits per heavy atom. The Kier molecular flexibility index (Phi) is 4.65. The van der Waals surface area contributed by atoms with E-state index in [-0.39, 0.29) is 11.4 Å². The van der Waals surface area contributed by atoms with E-state index in [4.69, 9.17) is 9.84 Å². The fraction of sp³-hybridized carbons (Fsp3) is 0.111. The third kappa shape index (κ3) is 3.45. The summed E-state index contributed by atoms with van der Waals surface area (Å²) in [4.78, 5) is 11.1. The predicted octanol–water partition coefficient (Wildman–Crippen LogP) is 3.53. The molecular weight excluding hydrogens is 325 g/mol. The highest BCUT2D eigenvalue weighted by Crippen LogP contribution is 2.28. The Bertz CT molecular complexity index is 908. The molecule has 0 spiro atoms. The van der Waals surface area contributed by atoms with Gasteiger partial charge < -0.3 is 15.2 Å². The highest BCUT2D eigenvalue weighted by molar-refractivity contribution is 5.89. The number of carboxylic acid groups (broad SMARTS) is 1. The summed E-state index contributed by atoms with van der Waals surface area (Å²) in [5.41, 5.74) is 2.41. The molecule has 6 nitrogen and oxygen atoms in total. The minimum absolute atomic E-state index is 0.143. The van der Waals surface area contributed by atoms with Crippen LogP contribution in [0.5, 0.6) is 5.75 Å². The molecule has 0 aliphatic rings. The number of halogens is 1. The minimum atomic E-state index is -1.03. The van der Waals surface area contributed by atoms with Crippen LogP contribution in [0.3, 0.4) is 0 Å². The van der Waals surface area contributed by atoms with E-state index in [2.05, 4.69) is 15.5 Å². The number of rotatable bonds is 6. The van der Waals surface area contributed by atoms with Crippen LogP contribution >= 0.6 is 0 Å². The summed E-state index contributed by atoms with van der Waals surface area (Å²) >= 11 is 0. The van der Waals surface area contributed by atoms with Crippen molar-refractivity contribution in [1.82, 2.24) is 10.2 Å². The number of ether oxygens (including phenoxy) is 1. The molecule has 25 heavy (non-hydrogen) atoms. The smallest absolute Gasteiger partial charge is 0.335 e. The molecule has 128 valence electrons. The fourth-order valence-electron chi connectivity index (χ4n) is 2.51. The van der Waals surface area contributed by atoms with Crippen molar-refractivity contribution in [2.24, 2.45) is 0 Å². The first-order valence-corrected chi connectivity index (χ1v) is 7.52. The third-order valence-electron chi connectivity index (χ3n) is 3.78. The molecule has 0 aliphatic carbocycles. The van der Waals surface area contributed by atoms with Gasteiger partial charge in [0.1, 0.15) is 11.6 Å². The number of H-pyrrole nitrogens is 1. The summed E-state index contributed by atoms with van der Waals surface area (Å²) in [7, 11) is 1.50. The van der Waals surface area contributed by atoms with Crippen LogP contribution in [0, 0.1) is 5.82 Å². The van der Waals surface area contributed by atoms with Crippen molar-refractivity contribution in [2.45, 2.75) is 6.54 Å². The lowest BCUT2D eigenvalue weighted by atomic mass is 10.1. The monoisotopic (exact) mass is 341 g/mol. The summed E-state index contributed by atoms with van der Waals surface area (Å²) in [6.45, 7) is 0.319. The van der Waals surface area contributed by atoms with E-state index in [9.17, 15) is 9.18 Å². The number of aromatic nitrogens is 2. The first-order chi connectivity index (χ1) is 12.1. The summed E-state index contributed by atoms with van der Waals surface area (Å²) in [5.74, 6) is -0.861. The number of aromatic carboxylic acids is 1. The van der Waals surface area contributed by atoms with Crippen LogP contribution in [-0.2, 0) is 6.54 Å². The van der Waals surface area contributed by atoms with E-state index in [0.717, 1.165) is 5.56 Å². The second-order valence-electron chi connectivity index (χ2n) is 5.32. The zero-order chi connectivity index (χ0) is 17.8. The molecule has 0 radical (unpaired) electrons. The molecule has 0 saturated carbocycles. The zero-order valence-electron chi connectivity index (χ0n) is 13.4. The third-order valence-corrected chi connectivity index (χ3v) is 3.78. The Labute approximate surface area is 143 Å². The highest BCUT2D eigenvalue weighted by atomic mass is 19.1. The van der Waals surface area contributed by atoms with Crippen LogP contribution in [-0.4, -0.2) is 28.4 Å². The number of nitrogens with zero attached hydrogens (tertiary/aromatic N) is 1. The lowest BCUT2D eigenvalue weighted by Gasteiger charge is -2.12. The Balaban J connectivity index is 1.86. The van der Waals surface area contributed by atoms with Crippen molar-refractivity contribution >= 4 is 11.7 Å². The van der Waals surface area contributed by atoms with Crippen molar-refractivity contribution in [2.75, 3.05) is 12.4 Å². The van der Waals surface area contributed by atoms with Gasteiger partial charge in [-0.15, -0.1) is 0 Å². The highest BCUT2D eigenvalue weighted by Gasteiger charge is 2.13. The van der Waals surface area contributed by atoms with Crippen LogP contribution in [0.25, 0.3) is 11.3 Å². The molecule has 1 heterocycles. The largest absolute Gasteiger partial charge is 0.495 e. The normalized spacial score (nSPS) is 10.5. The summed E-state index contributed by atoms with van der Waals surface area (Å²) in [5, 5.41) is 19.0. The maximum atomic E-state index is 14.0. The van der Waals surface area contributed by atoms with Gasteiger partial charge in [0.05, 0.1) is 30.3 Å². The van der Waals surface area contributed by atoms with Gasteiger partial charge in [-0.2, -0.15) is 5.10 Å². The number of methoxy groups -OCH3 is 1. The number of hydrogen-bond acceptors (Lipinski definition) is 4. The number of hydrogen-bond donors (Lipinski definition) is 3. The Hall–Kier alpha value is -3.35. The van der Waals surface area contributed by atoms with Crippen LogP contribution in [0.2, 0.25) is 0 Å². The lowest BCUT2D eigenvalue weighted by Crippen LogP contribution is -2.04. The van der Waals surface area contributed by atoms with Gasteiger partial charge in [-0.1, -0.05) is 12.1 Å². The van der Waals surface area contributed by atoms with Gasteiger partial charge >= 0.3 is 5.97 Å². The van der Waals surface area contributed by atoms with E-state index >= 15 is 0 Å². The average molecular weight is 341 g/mol. The second kappa shape index (κ2) is 7.04. The van der Waals surface area contributed by atoms with Crippen LogP contribution in [0.15, 0.2) is 48.7 Å². The Morgan fingerprint density at radius 1 is 1.32 bits per heavy atom. The first-order valence-electron chi connectivity index (χ1n) is 7.52. The standard InChI is InChI=1S/C18H16FN3O3/c1-25-16-7-6-11(18(23)24)8-15(16)20-9-12-10-21-22-17(12)13-4-2-3-5-14(13)19/h2-8,10,20H,9H2,1H3,(H,21,22)(H,23,24). The number of nitrogens with one attached hydrogen (secondary N) is 2. The van der Waals surface area contributed by atoms with Crippen LogP contribution in [0.4, 0.5) is 10.1 Å². The van der Waals surface area contributed by atoms with Crippen molar-refractivity contribution in [1.29, 1.82) is 0 Å². The van der Waals surface area contributed by atoms with E-state index in [1.54, 1.807) is 30.5 Å². The van der Waals surface area contributed by atoms with Crippen molar-refractivity contribution < 1.29 is 19.0 Å². The van der Waals surface area contributed by atoms with Crippen LogP contribution in [0.1, 0.15) is 15.9 Å². The summed E-state index contributed by atoms with van der Waals surface area (Å²) in [6, 6.07) is 11.0.